The number of hydrogen-bond donors (Lipinski definition) is 0. The van der Waals surface area contributed by atoms with Crippen molar-refractivity contribution in [2.75, 3.05) is 0 Å². The molecule has 3 nitrogen and oxygen atoms in total. The van der Waals surface area contributed by atoms with Gasteiger partial charge in [0.15, 0.2) is 0 Å². The van der Waals surface area contributed by atoms with Gasteiger partial charge in [0.1, 0.15) is 0 Å². The average molecular weight is 548 g/mol. The van der Waals surface area contributed by atoms with Crippen LogP contribution >= 0.6 is 0 Å². The average Bonchev–Trinajstić information content (AvgIpc) is 3.43. The van der Waals surface area contributed by atoms with E-state index in [0.29, 0.717) is 0 Å². The molecule has 0 radical (unpaired) electrons. The van der Waals surface area contributed by atoms with Gasteiger partial charge in [-0.05, 0) is 45.8 Å². The van der Waals surface area contributed by atoms with Crippen LogP contribution in [-0.2, 0) is 0 Å². The summed E-state index contributed by atoms with van der Waals surface area (Å²) in [6, 6.07) is 50.1. The van der Waals surface area contributed by atoms with Crippen LogP contribution in [0.4, 0.5) is 0 Å². The Labute approximate surface area is 248 Å². The van der Waals surface area contributed by atoms with Gasteiger partial charge < -0.3 is 4.57 Å². The van der Waals surface area contributed by atoms with Crippen LogP contribution in [0.1, 0.15) is 0 Å². The van der Waals surface area contributed by atoms with Gasteiger partial charge in [0, 0.05) is 45.0 Å². The van der Waals surface area contributed by atoms with Crippen LogP contribution in [0.5, 0.6) is 0 Å². The zero-order valence-corrected chi connectivity index (χ0v) is 23.3. The molecule has 0 N–H and O–H groups in total. The number of benzene rings is 7. The van der Waals surface area contributed by atoms with Crippen LogP contribution < -0.4 is 0 Å². The predicted molar refractivity (Wildman–Crippen MR) is 180 cm³/mol. The summed E-state index contributed by atoms with van der Waals surface area (Å²) in [7, 11) is 0. The summed E-state index contributed by atoms with van der Waals surface area (Å²) in [5.41, 5.74) is 10.2. The van der Waals surface area contributed by atoms with E-state index in [-0.39, 0.29) is 0 Å². The Bertz CT molecular complexity index is 2440. The largest absolute Gasteiger partial charge is 0.309 e. The third kappa shape index (κ3) is 3.62. The molecule has 0 amide bonds. The molecule has 43 heavy (non-hydrogen) atoms. The van der Waals surface area contributed by atoms with Crippen LogP contribution in [0, 0.1) is 0 Å². The Morgan fingerprint density at radius 3 is 1.58 bits per heavy atom. The van der Waals surface area contributed by atoms with Crippen molar-refractivity contribution < 1.29 is 0 Å². The molecular formula is C40H25N3. The molecule has 0 aliphatic rings. The van der Waals surface area contributed by atoms with E-state index in [2.05, 4.69) is 144 Å². The quantitative estimate of drug-likeness (QED) is 0.206. The first kappa shape index (κ1) is 23.9. The standard InChI is InChI=1S/C40H25N3/c1-2-8-26(9-3-1)27-14-16-28(17-15-27)29-18-20-30(21-19-29)43-36-13-7-6-10-31(36)34-22-23-35-37(40(34)43)32-11-4-5-12-33(32)38-39(35)42-25-24-41-38/h1-25H. The van der Waals surface area contributed by atoms with E-state index < -0.39 is 0 Å². The lowest BCUT2D eigenvalue weighted by Gasteiger charge is -2.14. The maximum atomic E-state index is 4.82. The molecular weight excluding hydrogens is 522 g/mol. The Kier molecular flexibility index (Phi) is 5.20. The molecule has 0 bridgehead atoms. The molecule has 0 fully saturated rings. The fourth-order valence-electron chi connectivity index (χ4n) is 6.72. The van der Waals surface area contributed by atoms with Gasteiger partial charge in [-0.3, -0.25) is 9.97 Å². The molecule has 9 rings (SSSR count). The van der Waals surface area contributed by atoms with E-state index in [1.807, 2.05) is 0 Å². The topological polar surface area (TPSA) is 30.7 Å². The molecule has 2 heterocycles. The normalized spacial score (nSPS) is 11.7. The number of nitrogens with zero attached hydrogens (tertiary/aromatic N) is 3. The lowest BCUT2D eigenvalue weighted by Crippen LogP contribution is -1.96. The minimum atomic E-state index is 0.934. The molecule has 9 aromatic rings. The highest BCUT2D eigenvalue weighted by molar-refractivity contribution is 6.32. The summed E-state index contributed by atoms with van der Waals surface area (Å²) in [4.78, 5) is 9.58. The van der Waals surface area contributed by atoms with Gasteiger partial charge in [-0.1, -0.05) is 121 Å². The summed E-state index contributed by atoms with van der Waals surface area (Å²) in [5.74, 6) is 0. The van der Waals surface area contributed by atoms with E-state index in [4.69, 9.17) is 9.97 Å². The summed E-state index contributed by atoms with van der Waals surface area (Å²) in [6.45, 7) is 0. The molecule has 0 unspecified atom stereocenters. The van der Waals surface area contributed by atoms with Crippen LogP contribution in [0.15, 0.2) is 152 Å². The van der Waals surface area contributed by atoms with E-state index >= 15 is 0 Å². The van der Waals surface area contributed by atoms with Gasteiger partial charge in [-0.25, -0.2) is 0 Å². The second-order valence-electron chi connectivity index (χ2n) is 11.0. The van der Waals surface area contributed by atoms with Crippen LogP contribution in [0.2, 0.25) is 0 Å². The summed E-state index contributed by atoms with van der Waals surface area (Å²) >= 11 is 0. The summed E-state index contributed by atoms with van der Waals surface area (Å²) in [6.07, 6.45) is 3.58. The van der Waals surface area contributed by atoms with Gasteiger partial charge in [0.05, 0.1) is 22.1 Å². The van der Waals surface area contributed by atoms with Crippen LogP contribution in [-0.4, -0.2) is 14.5 Å². The minimum absolute atomic E-state index is 0.934. The zero-order chi connectivity index (χ0) is 28.3. The van der Waals surface area contributed by atoms with Gasteiger partial charge in [0.2, 0.25) is 0 Å². The SMILES string of the molecule is c1ccc(-c2ccc(-c3ccc(-n4c5ccccc5c5ccc6c7nccnc7c7ccccc7c6c54)cc3)cc2)cc1. The van der Waals surface area contributed by atoms with Crippen molar-refractivity contribution in [1.82, 2.24) is 14.5 Å². The van der Waals surface area contributed by atoms with Gasteiger partial charge >= 0.3 is 0 Å². The highest BCUT2D eigenvalue weighted by Crippen LogP contribution is 2.42. The van der Waals surface area contributed by atoms with E-state index in [1.54, 1.807) is 12.4 Å². The maximum Gasteiger partial charge on any atom is 0.0972 e. The molecule has 200 valence electrons. The molecule has 0 atom stereocenters. The Hall–Kier alpha value is -5.80. The van der Waals surface area contributed by atoms with Crippen molar-refractivity contribution in [1.29, 1.82) is 0 Å². The van der Waals surface area contributed by atoms with Crippen LogP contribution in [0.25, 0.3) is 82.3 Å². The first-order valence-corrected chi connectivity index (χ1v) is 14.6. The van der Waals surface area contributed by atoms with E-state index in [1.165, 1.54) is 54.8 Å². The van der Waals surface area contributed by atoms with Crippen molar-refractivity contribution in [2.24, 2.45) is 0 Å². The third-order valence-electron chi connectivity index (χ3n) is 8.69. The van der Waals surface area contributed by atoms with Crippen molar-refractivity contribution >= 4 is 54.4 Å². The first-order chi connectivity index (χ1) is 21.3. The summed E-state index contributed by atoms with van der Waals surface area (Å²) < 4.78 is 2.42. The highest BCUT2D eigenvalue weighted by Gasteiger charge is 2.19. The Balaban J connectivity index is 1.28. The lowest BCUT2D eigenvalue weighted by atomic mass is 9.97. The Morgan fingerprint density at radius 2 is 0.884 bits per heavy atom. The maximum absolute atomic E-state index is 4.82. The fourth-order valence-corrected chi connectivity index (χ4v) is 6.72. The second kappa shape index (κ2) is 9.37. The monoisotopic (exact) mass is 547 g/mol. The molecule has 0 aliphatic heterocycles. The second-order valence-corrected chi connectivity index (χ2v) is 11.0. The fraction of sp³-hybridized carbons (Fsp3) is 0. The van der Waals surface area contributed by atoms with Gasteiger partial charge in [0.25, 0.3) is 0 Å². The molecule has 7 aromatic carbocycles. The van der Waals surface area contributed by atoms with E-state index in [9.17, 15) is 0 Å². The Morgan fingerprint density at radius 1 is 0.372 bits per heavy atom. The zero-order valence-electron chi connectivity index (χ0n) is 23.3. The number of hydrogen-bond acceptors (Lipinski definition) is 2. The molecule has 0 aliphatic carbocycles. The molecule has 0 saturated heterocycles. The molecule has 0 saturated carbocycles. The van der Waals surface area contributed by atoms with Crippen molar-refractivity contribution in [2.45, 2.75) is 0 Å². The van der Waals surface area contributed by atoms with Crippen molar-refractivity contribution in [3.8, 4) is 27.9 Å². The number of aromatic nitrogens is 3. The van der Waals surface area contributed by atoms with Crippen LogP contribution in [0.3, 0.4) is 0 Å². The number of fused-ring (bicyclic) bond motifs is 10. The molecule has 3 heteroatoms. The third-order valence-corrected chi connectivity index (χ3v) is 8.69. The summed E-state index contributed by atoms with van der Waals surface area (Å²) in [5, 5.41) is 7.11. The number of para-hydroxylation sites is 1. The van der Waals surface area contributed by atoms with Crippen molar-refractivity contribution in [3.63, 3.8) is 0 Å². The minimum Gasteiger partial charge on any atom is -0.309 e. The molecule has 0 spiro atoms. The highest BCUT2D eigenvalue weighted by atomic mass is 15.0. The number of rotatable bonds is 3. The van der Waals surface area contributed by atoms with Gasteiger partial charge in [-0.2, -0.15) is 0 Å². The van der Waals surface area contributed by atoms with E-state index in [0.717, 1.165) is 27.5 Å². The lowest BCUT2D eigenvalue weighted by molar-refractivity contribution is 1.19. The predicted octanol–water partition coefficient (Wildman–Crippen LogP) is 10.4. The van der Waals surface area contributed by atoms with Crippen molar-refractivity contribution in [3.05, 3.63) is 152 Å². The van der Waals surface area contributed by atoms with Gasteiger partial charge in [-0.15, -0.1) is 0 Å². The first-order valence-electron chi connectivity index (χ1n) is 14.6. The smallest absolute Gasteiger partial charge is 0.0972 e. The molecule has 2 aromatic heterocycles.